The smallest absolute Gasteiger partial charge is 0.330 e. The molecule has 0 N–H and O–H groups in total. The maximum Gasteiger partial charge on any atom is 0.330 e. The molecule has 0 aliphatic carbocycles. The third-order valence-electron chi connectivity index (χ3n) is 1.81. The van der Waals surface area contributed by atoms with Crippen LogP contribution in [0.25, 0.3) is 0 Å². The largest absolute Gasteiger partial charge is 0.420 e. The Balaban J connectivity index is 2.69. The average molecular weight is 267 g/mol. The van der Waals surface area contributed by atoms with Gasteiger partial charge in [0.05, 0.1) is 0 Å². The van der Waals surface area contributed by atoms with Crippen LogP contribution in [0.3, 0.4) is 0 Å². The zero-order chi connectivity index (χ0) is 10.8. The summed E-state index contributed by atoms with van der Waals surface area (Å²) in [5.74, 6) is 0. The summed E-state index contributed by atoms with van der Waals surface area (Å²) in [7, 11) is -6.69. The minimum absolute atomic E-state index is 0.926. The lowest BCUT2D eigenvalue weighted by molar-refractivity contribution is 0.280. The Hall–Kier alpha value is 0.448. The van der Waals surface area contributed by atoms with Gasteiger partial charge in [0.25, 0.3) is 10.0 Å². The van der Waals surface area contributed by atoms with Crippen LogP contribution in [-0.4, -0.2) is 36.4 Å². The van der Waals surface area contributed by atoms with Crippen molar-refractivity contribution in [3.63, 3.8) is 0 Å². The van der Waals surface area contributed by atoms with Crippen LogP contribution in [0.5, 0.6) is 0 Å². The van der Waals surface area contributed by atoms with E-state index in [1.54, 1.807) is 5.70 Å². The second-order valence-electron chi connectivity index (χ2n) is 4.05. The molecule has 0 saturated carbocycles. The fraction of sp³-hybridized carbons (Fsp3) is 0.667. The Morgan fingerprint density at radius 3 is 1.86 bits per heavy atom. The first-order chi connectivity index (χ1) is 6.35. The molecule has 1 heterocycles. The van der Waals surface area contributed by atoms with Crippen molar-refractivity contribution in [2.45, 2.75) is 26.2 Å². The van der Waals surface area contributed by atoms with Gasteiger partial charge in [-0.1, -0.05) is 5.70 Å². The van der Waals surface area contributed by atoms with Gasteiger partial charge in [0.2, 0.25) is 0 Å². The molecule has 0 amide bonds. The highest BCUT2D eigenvalue weighted by Crippen LogP contribution is 2.17. The van der Waals surface area contributed by atoms with Gasteiger partial charge < -0.3 is 16.5 Å². The molecule has 0 spiro atoms. The van der Waals surface area contributed by atoms with Crippen molar-refractivity contribution in [1.29, 1.82) is 0 Å². The SMILES string of the molecule is C=C[SiH]1O[Si](C)(C)O[SiH2]O[Si](C)(C)O1. The van der Waals surface area contributed by atoms with Crippen molar-refractivity contribution in [3.8, 4) is 0 Å². The van der Waals surface area contributed by atoms with Crippen molar-refractivity contribution in [3.05, 3.63) is 12.3 Å². The van der Waals surface area contributed by atoms with E-state index in [0.717, 1.165) is 0 Å². The minimum Gasteiger partial charge on any atom is -0.420 e. The summed E-state index contributed by atoms with van der Waals surface area (Å²) in [5, 5.41) is 0. The average Bonchev–Trinajstić information content (AvgIpc) is 1.99. The predicted molar refractivity (Wildman–Crippen MR) is 65.2 cm³/mol. The number of hydrogen-bond donors (Lipinski definition) is 0. The van der Waals surface area contributed by atoms with Crippen molar-refractivity contribution in [2.75, 3.05) is 0 Å². The molecule has 0 aromatic rings. The molecule has 0 aromatic carbocycles. The van der Waals surface area contributed by atoms with Gasteiger partial charge in [-0.25, -0.2) is 0 Å². The highest BCUT2D eigenvalue weighted by atomic mass is 28.5. The standard InChI is InChI=1S/C6H18O4Si4/c1-6-12-9-13(2,3)7-11-8-14(4,5)10-12/h6,12H,1,11H2,2-5H3. The van der Waals surface area contributed by atoms with E-state index in [1.807, 2.05) is 26.2 Å². The molecule has 0 aromatic heterocycles. The molecule has 0 bridgehead atoms. The van der Waals surface area contributed by atoms with Gasteiger partial charge in [0, 0.05) is 0 Å². The topological polar surface area (TPSA) is 36.9 Å². The molecule has 0 radical (unpaired) electrons. The van der Waals surface area contributed by atoms with Crippen molar-refractivity contribution in [1.82, 2.24) is 0 Å². The van der Waals surface area contributed by atoms with Crippen LogP contribution < -0.4 is 0 Å². The maximum atomic E-state index is 5.87. The van der Waals surface area contributed by atoms with E-state index in [9.17, 15) is 0 Å². The quantitative estimate of drug-likeness (QED) is 0.645. The molecule has 82 valence electrons. The van der Waals surface area contributed by atoms with Gasteiger partial charge in [0.1, 0.15) is 0 Å². The molecule has 4 nitrogen and oxygen atoms in total. The summed E-state index contributed by atoms with van der Waals surface area (Å²) < 4.78 is 23.2. The molecule has 1 aliphatic heterocycles. The van der Waals surface area contributed by atoms with Crippen LogP contribution in [0, 0.1) is 0 Å². The molecule has 14 heavy (non-hydrogen) atoms. The molecular formula is C6H18O4Si4. The third kappa shape index (κ3) is 3.90. The fourth-order valence-electron chi connectivity index (χ4n) is 1.06. The van der Waals surface area contributed by atoms with E-state index in [1.165, 1.54) is 0 Å². The van der Waals surface area contributed by atoms with E-state index in [0.29, 0.717) is 0 Å². The van der Waals surface area contributed by atoms with E-state index >= 15 is 0 Å². The Labute approximate surface area is 91.6 Å². The number of hydrogen-bond acceptors (Lipinski definition) is 4. The molecular weight excluding hydrogens is 248 g/mol. The molecule has 1 fully saturated rings. The van der Waals surface area contributed by atoms with Gasteiger partial charge >= 0.3 is 26.4 Å². The predicted octanol–water partition coefficient (Wildman–Crippen LogP) is 0.414. The highest BCUT2D eigenvalue weighted by Gasteiger charge is 2.37. The summed E-state index contributed by atoms with van der Waals surface area (Å²) in [6.45, 7) is 11.8. The van der Waals surface area contributed by atoms with E-state index < -0.39 is 36.4 Å². The zero-order valence-corrected chi connectivity index (χ0v) is 13.8. The van der Waals surface area contributed by atoms with Gasteiger partial charge in [-0.2, -0.15) is 0 Å². The second kappa shape index (κ2) is 4.53. The lowest BCUT2D eigenvalue weighted by Crippen LogP contribution is -2.53. The Kier molecular flexibility index (Phi) is 4.05. The first kappa shape index (κ1) is 12.5. The van der Waals surface area contributed by atoms with Gasteiger partial charge in [-0.3, -0.25) is 0 Å². The van der Waals surface area contributed by atoms with Crippen LogP contribution in [0.4, 0.5) is 0 Å². The van der Waals surface area contributed by atoms with Crippen LogP contribution >= 0.6 is 0 Å². The fourth-order valence-corrected chi connectivity index (χ4v) is 11.7. The molecule has 1 aliphatic rings. The highest BCUT2D eigenvalue weighted by molar-refractivity contribution is 6.83. The van der Waals surface area contributed by atoms with Crippen molar-refractivity contribution in [2.24, 2.45) is 0 Å². The van der Waals surface area contributed by atoms with Gasteiger partial charge in [0.15, 0.2) is 0 Å². The molecule has 1 rings (SSSR count). The number of rotatable bonds is 1. The summed E-state index contributed by atoms with van der Waals surface area (Å²) >= 11 is 0. The van der Waals surface area contributed by atoms with Crippen LogP contribution in [0.15, 0.2) is 12.3 Å². The molecule has 8 heteroatoms. The van der Waals surface area contributed by atoms with E-state index in [-0.39, 0.29) is 0 Å². The lowest BCUT2D eigenvalue weighted by Gasteiger charge is -2.35. The maximum absolute atomic E-state index is 5.87. The first-order valence-electron chi connectivity index (χ1n) is 4.61. The Morgan fingerprint density at radius 1 is 1.07 bits per heavy atom. The summed E-state index contributed by atoms with van der Waals surface area (Å²) in [6.07, 6.45) is 0. The third-order valence-corrected chi connectivity index (χ3v) is 15.1. The summed E-state index contributed by atoms with van der Waals surface area (Å²) in [5.41, 5.74) is 1.79. The van der Waals surface area contributed by atoms with Crippen LogP contribution in [0.1, 0.15) is 0 Å². The van der Waals surface area contributed by atoms with E-state index in [4.69, 9.17) is 16.5 Å². The Bertz CT molecular complexity index is 202. The lowest BCUT2D eigenvalue weighted by atomic mass is 11.3. The minimum atomic E-state index is -2.00. The van der Waals surface area contributed by atoms with Gasteiger partial charge in [-0.15, -0.1) is 6.58 Å². The van der Waals surface area contributed by atoms with Gasteiger partial charge in [-0.05, 0) is 26.2 Å². The summed E-state index contributed by atoms with van der Waals surface area (Å²) in [4.78, 5) is 0. The molecule has 0 atom stereocenters. The second-order valence-corrected chi connectivity index (χ2v) is 15.3. The monoisotopic (exact) mass is 266 g/mol. The summed E-state index contributed by atoms with van der Waals surface area (Å²) in [6, 6.07) is 0. The van der Waals surface area contributed by atoms with Crippen LogP contribution in [-0.2, 0) is 16.5 Å². The normalized spacial score (nSPS) is 33.3. The van der Waals surface area contributed by atoms with Crippen molar-refractivity contribution >= 4 is 36.4 Å². The van der Waals surface area contributed by atoms with E-state index in [2.05, 4.69) is 6.58 Å². The zero-order valence-electron chi connectivity index (χ0n) is 9.20. The molecule has 1 saturated heterocycles. The molecule has 0 unspecified atom stereocenters. The first-order valence-corrected chi connectivity index (χ1v) is 13.0. The Morgan fingerprint density at radius 2 is 1.50 bits per heavy atom. The van der Waals surface area contributed by atoms with Crippen molar-refractivity contribution < 1.29 is 16.5 Å². The van der Waals surface area contributed by atoms with Crippen LogP contribution in [0.2, 0.25) is 26.2 Å².